The van der Waals surface area contributed by atoms with Gasteiger partial charge in [-0.1, -0.05) is 0 Å². The number of piperidine rings is 1. The van der Waals surface area contributed by atoms with Crippen molar-refractivity contribution in [1.82, 2.24) is 4.90 Å². The molecule has 1 aromatic heterocycles. The number of thiophene rings is 1. The molecule has 1 saturated heterocycles. The Morgan fingerprint density at radius 3 is 2.76 bits per heavy atom. The molecule has 3 rings (SSSR count). The minimum Gasteiger partial charge on any atom is -0.469 e. The second-order valence-electron chi connectivity index (χ2n) is 5.45. The lowest BCUT2D eigenvalue weighted by Crippen LogP contribution is -2.40. The molecule has 1 aromatic rings. The first-order valence-electron chi connectivity index (χ1n) is 7.25. The molecule has 4 nitrogen and oxygen atoms in total. The molecule has 1 amide bonds. The summed E-state index contributed by atoms with van der Waals surface area (Å²) in [5.74, 6) is 2.12. The number of methoxy groups -OCH3 is 1. The molecule has 0 spiro atoms. The number of thioether (sulfide) groups is 1. The quantitative estimate of drug-likeness (QED) is 0.784. The van der Waals surface area contributed by atoms with E-state index in [1.165, 1.54) is 17.6 Å². The molecule has 0 aliphatic carbocycles. The maximum Gasteiger partial charge on any atom is 0.308 e. The molecule has 0 N–H and O–H groups in total. The number of carbonyl (C=O) groups is 2. The molecule has 3 heterocycles. The molecule has 0 saturated carbocycles. The van der Waals surface area contributed by atoms with Crippen LogP contribution in [0.5, 0.6) is 0 Å². The Hall–Kier alpha value is -1.01. The van der Waals surface area contributed by atoms with E-state index in [0.29, 0.717) is 25.9 Å². The predicted octanol–water partition coefficient (Wildman–Crippen LogP) is 2.56. The third-order valence-corrected chi connectivity index (χ3v) is 6.39. The molecule has 0 radical (unpaired) electrons. The van der Waals surface area contributed by atoms with E-state index < -0.39 is 0 Å². The van der Waals surface area contributed by atoms with Gasteiger partial charge in [-0.2, -0.15) is 11.8 Å². The summed E-state index contributed by atoms with van der Waals surface area (Å²) in [7, 11) is 1.42. The van der Waals surface area contributed by atoms with Crippen molar-refractivity contribution >= 4 is 35.0 Å². The van der Waals surface area contributed by atoms with Gasteiger partial charge in [0.05, 0.1) is 17.9 Å². The smallest absolute Gasteiger partial charge is 0.308 e. The molecular formula is C15H19NO3S2. The zero-order valence-electron chi connectivity index (χ0n) is 12.1. The first-order chi connectivity index (χ1) is 10.2. The fourth-order valence-corrected chi connectivity index (χ4v) is 5.23. The predicted molar refractivity (Wildman–Crippen MR) is 84.8 cm³/mol. The maximum atomic E-state index is 12.6. The van der Waals surface area contributed by atoms with E-state index in [-0.39, 0.29) is 17.8 Å². The molecule has 6 heteroatoms. The van der Waals surface area contributed by atoms with Crippen LogP contribution in [-0.4, -0.2) is 42.7 Å². The van der Waals surface area contributed by atoms with Crippen molar-refractivity contribution in [3.63, 3.8) is 0 Å². The minimum atomic E-state index is -0.147. The largest absolute Gasteiger partial charge is 0.469 e. The van der Waals surface area contributed by atoms with Gasteiger partial charge >= 0.3 is 5.97 Å². The molecule has 2 aliphatic heterocycles. The molecule has 0 bridgehead atoms. The van der Waals surface area contributed by atoms with Gasteiger partial charge in [-0.3, -0.25) is 9.59 Å². The maximum absolute atomic E-state index is 12.6. The molecule has 21 heavy (non-hydrogen) atoms. The van der Waals surface area contributed by atoms with Crippen LogP contribution in [0.2, 0.25) is 0 Å². The summed E-state index contributed by atoms with van der Waals surface area (Å²) in [6.07, 6.45) is 2.50. The van der Waals surface area contributed by atoms with Gasteiger partial charge in [-0.05, 0) is 36.6 Å². The summed E-state index contributed by atoms with van der Waals surface area (Å²) in [6, 6.07) is 2.07. The number of ether oxygens (including phenoxy) is 1. The monoisotopic (exact) mass is 325 g/mol. The average Bonchev–Trinajstić information content (AvgIpc) is 2.97. The zero-order valence-corrected chi connectivity index (χ0v) is 13.7. The van der Waals surface area contributed by atoms with Crippen molar-refractivity contribution < 1.29 is 14.3 Å². The summed E-state index contributed by atoms with van der Waals surface area (Å²) in [5.41, 5.74) is 1.34. The third kappa shape index (κ3) is 3.11. The Morgan fingerprint density at radius 1 is 1.33 bits per heavy atom. The van der Waals surface area contributed by atoms with Crippen LogP contribution in [-0.2, 0) is 21.7 Å². The third-order valence-electron chi connectivity index (χ3n) is 4.16. The Kier molecular flexibility index (Phi) is 4.54. The summed E-state index contributed by atoms with van der Waals surface area (Å²) in [4.78, 5) is 28.2. The summed E-state index contributed by atoms with van der Waals surface area (Å²) in [5, 5.41) is 0. The van der Waals surface area contributed by atoms with Crippen molar-refractivity contribution in [3.8, 4) is 0 Å². The van der Waals surface area contributed by atoms with E-state index in [2.05, 4.69) is 6.07 Å². The van der Waals surface area contributed by atoms with Gasteiger partial charge < -0.3 is 9.64 Å². The number of nitrogens with zero attached hydrogens (tertiary/aromatic N) is 1. The highest BCUT2D eigenvalue weighted by molar-refractivity contribution is 7.98. The topological polar surface area (TPSA) is 46.6 Å². The van der Waals surface area contributed by atoms with E-state index in [4.69, 9.17) is 4.74 Å². The van der Waals surface area contributed by atoms with E-state index in [9.17, 15) is 9.59 Å². The number of carbonyl (C=O) groups excluding carboxylic acids is 2. The van der Waals surface area contributed by atoms with Crippen molar-refractivity contribution in [2.24, 2.45) is 5.92 Å². The van der Waals surface area contributed by atoms with Crippen LogP contribution in [0.25, 0.3) is 0 Å². The van der Waals surface area contributed by atoms with Gasteiger partial charge in [0.1, 0.15) is 0 Å². The first-order valence-corrected chi connectivity index (χ1v) is 9.22. The number of esters is 1. The second-order valence-corrected chi connectivity index (χ2v) is 7.69. The van der Waals surface area contributed by atoms with Crippen molar-refractivity contribution in [2.45, 2.75) is 25.0 Å². The number of rotatable bonds is 2. The normalized spacial score (nSPS) is 19.2. The van der Waals surface area contributed by atoms with E-state index in [1.807, 2.05) is 16.7 Å². The molecule has 2 aliphatic rings. The van der Waals surface area contributed by atoms with E-state index in [0.717, 1.165) is 22.8 Å². The number of hydrogen-bond donors (Lipinski definition) is 0. The number of aryl methyl sites for hydroxylation is 1. The zero-order chi connectivity index (χ0) is 14.8. The highest BCUT2D eigenvalue weighted by Crippen LogP contribution is 2.32. The van der Waals surface area contributed by atoms with Gasteiger partial charge in [0.15, 0.2) is 0 Å². The van der Waals surface area contributed by atoms with Crippen LogP contribution in [0, 0.1) is 5.92 Å². The Morgan fingerprint density at radius 2 is 2.10 bits per heavy atom. The lowest BCUT2D eigenvalue weighted by molar-refractivity contribution is -0.146. The molecule has 114 valence electrons. The van der Waals surface area contributed by atoms with Gasteiger partial charge in [0.25, 0.3) is 5.91 Å². The fraction of sp³-hybridized carbons (Fsp3) is 0.600. The highest BCUT2D eigenvalue weighted by atomic mass is 32.2. The van der Waals surface area contributed by atoms with E-state index >= 15 is 0 Å². The Bertz CT molecular complexity index is 524. The number of amides is 1. The number of fused-ring (bicyclic) bond motifs is 1. The SMILES string of the molecule is COC(=O)C1CCN(C(=O)c2cc3c(s2)CCSC3)CC1. The van der Waals surface area contributed by atoms with Crippen LogP contribution in [0.1, 0.15) is 33.0 Å². The van der Waals surface area contributed by atoms with E-state index in [1.54, 1.807) is 11.3 Å². The molecule has 0 aromatic carbocycles. The standard InChI is InChI=1S/C15H19NO3S2/c1-19-15(18)10-2-5-16(6-3-10)14(17)13-8-11-9-20-7-4-12(11)21-13/h8,10H,2-7,9H2,1H3. The van der Waals surface area contributed by atoms with Crippen LogP contribution in [0.3, 0.4) is 0 Å². The van der Waals surface area contributed by atoms with Gasteiger partial charge in [0.2, 0.25) is 0 Å². The summed E-state index contributed by atoms with van der Waals surface area (Å²) < 4.78 is 4.78. The summed E-state index contributed by atoms with van der Waals surface area (Å²) in [6.45, 7) is 1.30. The molecule has 1 fully saturated rings. The molecular weight excluding hydrogens is 306 g/mol. The van der Waals surface area contributed by atoms with Crippen LogP contribution < -0.4 is 0 Å². The number of likely N-dealkylation sites (tertiary alicyclic amines) is 1. The Balaban J connectivity index is 1.64. The lowest BCUT2D eigenvalue weighted by atomic mass is 9.97. The average molecular weight is 325 g/mol. The Labute approximate surface area is 132 Å². The number of hydrogen-bond acceptors (Lipinski definition) is 5. The molecule has 0 unspecified atom stereocenters. The lowest BCUT2D eigenvalue weighted by Gasteiger charge is -2.30. The van der Waals surface area contributed by atoms with Gasteiger partial charge in [-0.25, -0.2) is 0 Å². The van der Waals surface area contributed by atoms with Crippen molar-refractivity contribution in [1.29, 1.82) is 0 Å². The first kappa shape index (κ1) is 14.9. The second kappa shape index (κ2) is 6.40. The summed E-state index contributed by atoms with van der Waals surface area (Å²) >= 11 is 3.59. The van der Waals surface area contributed by atoms with Crippen LogP contribution in [0.4, 0.5) is 0 Å². The fourth-order valence-electron chi connectivity index (χ4n) is 2.89. The molecule has 0 atom stereocenters. The highest BCUT2D eigenvalue weighted by Gasteiger charge is 2.29. The van der Waals surface area contributed by atoms with Crippen LogP contribution in [0.15, 0.2) is 6.07 Å². The van der Waals surface area contributed by atoms with Crippen molar-refractivity contribution in [3.05, 3.63) is 21.4 Å². The van der Waals surface area contributed by atoms with Gasteiger partial charge in [0, 0.05) is 23.7 Å². The van der Waals surface area contributed by atoms with Crippen LogP contribution >= 0.6 is 23.1 Å². The minimum absolute atomic E-state index is 0.0491. The van der Waals surface area contributed by atoms with Crippen molar-refractivity contribution in [2.75, 3.05) is 26.0 Å². The van der Waals surface area contributed by atoms with Gasteiger partial charge in [-0.15, -0.1) is 11.3 Å².